The first-order chi connectivity index (χ1) is 15.0. The summed E-state index contributed by atoms with van der Waals surface area (Å²) in [5, 5.41) is 20.6. The second kappa shape index (κ2) is 11.8. The maximum absolute atomic E-state index is 10.3. The van der Waals surface area contributed by atoms with E-state index in [0.717, 1.165) is 34.6 Å². The van der Waals surface area contributed by atoms with E-state index in [-0.39, 0.29) is 18.8 Å². The smallest absolute Gasteiger partial charge is 0.0857 e. The van der Waals surface area contributed by atoms with E-state index in [1.807, 2.05) is 6.07 Å². The second-order valence-electron chi connectivity index (χ2n) is 8.16. The van der Waals surface area contributed by atoms with E-state index in [0.29, 0.717) is 32.5 Å². The molecule has 4 nitrogen and oxygen atoms in total. The fourth-order valence-electron chi connectivity index (χ4n) is 4.10. The van der Waals surface area contributed by atoms with Crippen LogP contribution in [0.1, 0.15) is 53.7 Å². The first-order valence-electron chi connectivity index (χ1n) is 11.1. The van der Waals surface area contributed by atoms with E-state index in [4.69, 9.17) is 21.1 Å². The van der Waals surface area contributed by atoms with Gasteiger partial charge in [-0.05, 0) is 53.1 Å². The molecule has 2 N–H and O–H groups in total. The minimum Gasteiger partial charge on any atom is -0.394 e. The zero-order valence-corrected chi connectivity index (χ0v) is 19.0. The molecule has 0 radical (unpaired) electrons. The summed E-state index contributed by atoms with van der Waals surface area (Å²) >= 11 is 6.69. The lowest BCUT2D eigenvalue weighted by Gasteiger charge is -2.34. The van der Waals surface area contributed by atoms with Crippen molar-refractivity contribution in [3.8, 4) is 0 Å². The molecule has 1 fully saturated rings. The van der Waals surface area contributed by atoms with E-state index >= 15 is 0 Å². The van der Waals surface area contributed by atoms with E-state index in [1.54, 1.807) is 6.08 Å². The Hall–Kier alpha value is -1.69. The zero-order chi connectivity index (χ0) is 22.2. The third-order valence-corrected chi connectivity index (χ3v) is 6.17. The number of aliphatic hydroxyl groups excluding tert-OH is 2. The average Bonchev–Trinajstić information content (AvgIpc) is 2.78. The van der Waals surface area contributed by atoms with Crippen molar-refractivity contribution in [3.05, 3.63) is 81.9 Å². The highest BCUT2D eigenvalue weighted by molar-refractivity contribution is 6.31. The Morgan fingerprint density at radius 3 is 2.58 bits per heavy atom. The minimum absolute atomic E-state index is 0.102. The molecule has 5 heteroatoms. The molecule has 1 heterocycles. The SMILES string of the molecule is C=CCOCCc1cc(Cl)c(Cc2ccc(CC)cc2)cc1C1CC(O)CC(CO)O1. The van der Waals surface area contributed by atoms with Gasteiger partial charge in [-0.2, -0.15) is 0 Å². The molecule has 0 aromatic heterocycles. The van der Waals surface area contributed by atoms with Gasteiger partial charge in [-0.1, -0.05) is 54.9 Å². The fourth-order valence-corrected chi connectivity index (χ4v) is 4.35. The summed E-state index contributed by atoms with van der Waals surface area (Å²) in [6.07, 6.45) is 3.97. The van der Waals surface area contributed by atoms with E-state index in [1.165, 1.54) is 11.1 Å². The summed E-state index contributed by atoms with van der Waals surface area (Å²) in [5.41, 5.74) is 5.61. The molecule has 3 unspecified atom stereocenters. The summed E-state index contributed by atoms with van der Waals surface area (Å²) in [6.45, 7) is 6.77. The van der Waals surface area contributed by atoms with Crippen LogP contribution in [0, 0.1) is 0 Å². The van der Waals surface area contributed by atoms with Gasteiger partial charge in [-0.25, -0.2) is 0 Å². The number of hydrogen-bond donors (Lipinski definition) is 2. The van der Waals surface area contributed by atoms with Crippen LogP contribution >= 0.6 is 11.6 Å². The molecule has 1 aliphatic heterocycles. The number of halogens is 1. The van der Waals surface area contributed by atoms with Crippen molar-refractivity contribution in [3.63, 3.8) is 0 Å². The Morgan fingerprint density at radius 2 is 1.90 bits per heavy atom. The quantitative estimate of drug-likeness (QED) is 0.407. The summed E-state index contributed by atoms with van der Waals surface area (Å²) < 4.78 is 11.7. The minimum atomic E-state index is -0.499. The van der Waals surface area contributed by atoms with Crippen molar-refractivity contribution in [1.29, 1.82) is 0 Å². The number of rotatable bonds is 10. The molecule has 0 aliphatic carbocycles. The normalized spacial score (nSPS) is 21.2. The Kier molecular flexibility index (Phi) is 9.12. The lowest BCUT2D eigenvalue weighted by atomic mass is 9.89. The fraction of sp³-hybridized carbons (Fsp3) is 0.462. The van der Waals surface area contributed by atoms with Crippen molar-refractivity contribution in [2.24, 2.45) is 0 Å². The molecule has 168 valence electrons. The first kappa shape index (κ1) is 24.0. The first-order valence-corrected chi connectivity index (χ1v) is 11.4. The Labute approximate surface area is 190 Å². The Balaban J connectivity index is 1.89. The number of benzene rings is 2. The van der Waals surface area contributed by atoms with Crippen molar-refractivity contribution in [2.45, 2.75) is 57.3 Å². The molecule has 1 saturated heterocycles. The standard InChI is InChI=1S/C26H33ClO4/c1-3-10-30-11-9-20-14-25(27)21(12-19-7-5-18(4-2)6-8-19)13-24(20)26-16-22(29)15-23(17-28)31-26/h3,5-8,13-14,22-23,26,28-29H,1,4,9-12,15-17H2,2H3. The molecule has 3 rings (SSSR count). The van der Waals surface area contributed by atoms with Crippen LogP contribution in [0.5, 0.6) is 0 Å². The topological polar surface area (TPSA) is 58.9 Å². The third kappa shape index (κ3) is 6.64. The van der Waals surface area contributed by atoms with Gasteiger partial charge in [-0.3, -0.25) is 0 Å². The Bertz CT molecular complexity index is 849. The molecule has 0 spiro atoms. The zero-order valence-electron chi connectivity index (χ0n) is 18.2. The maximum atomic E-state index is 10.3. The molecule has 0 saturated carbocycles. The largest absolute Gasteiger partial charge is 0.394 e. The van der Waals surface area contributed by atoms with Gasteiger partial charge in [0.25, 0.3) is 0 Å². The van der Waals surface area contributed by atoms with E-state index in [9.17, 15) is 10.2 Å². The van der Waals surface area contributed by atoms with Gasteiger partial charge in [0.15, 0.2) is 0 Å². The molecule has 0 amide bonds. The maximum Gasteiger partial charge on any atom is 0.0857 e. The van der Waals surface area contributed by atoms with Gasteiger partial charge in [0.05, 0.1) is 38.1 Å². The number of ether oxygens (including phenoxy) is 2. The van der Waals surface area contributed by atoms with Gasteiger partial charge in [0.1, 0.15) is 0 Å². The second-order valence-corrected chi connectivity index (χ2v) is 8.56. The lowest BCUT2D eigenvalue weighted by molar-refractivity contribution is -0.114. The summed E-state index contributed by atoms with van der Waals surface area (Å²) in [7, 11) is 0. The van der Waals surface area contributed by atoms with Crippen molar-refractivity contribution in [2.75, 3.05) is 19.8 Å². The van der Waals surface area contributed by atoms with Crippen LogP contribution in [0.4, 0.5) is 0 Å². The number of aryl methyl sites for hydroxylation is 1. The monoisotopic (exact) mass is 444 g/mol. The highest BCUT2D eigenvalue weighted by atomic mass is 35.5. The van der Waals surface area contributed by atoms with Crippen molar-refractivity contribution < 1.29 is 19.7 Å². The van der Waals surface area contributed by atoms with Crippen LogP contribution < -0.4 is 0 Å². The van der Waals surface area contributed by atoms with Crippen LogP contribution in [0.15, 0.2) is 49.1 Å². The predicted octanol–water partition coefficient (Wildman–Crippen LogP) is 4.81. The summed E-state index contributed by atoms with van der Waals surface area (Å²) in [4.78, 5) is 0. The summed E-state index contributed by atoms with van der Waals surface area (Å²) in [6, 6.07) is 12.7. The molecule has 0 bridgehead atoms. The van der Waals surface area contributed by atoms with Gasteiger partial charge in [0.2, 0.25) is 0 Å². The molecule has 31 heavy (non-hydrogen) atoms. The molecule has 2 aromatic rings. The van der Waals surface area contributed by atoms with Crippen LogP contribution in [-0.2, 0) is 28.7 Å². The van der Waals surface area contributed by atoms with Gasteiger partial charge in [0, 0.05) is 17.9 Å². The molecule has 2 aromatic carbocycles. The highest BCUT2D eigenvalue weighted by Gasteiger charge is 2.30. The van der Waals surface area contributed by atoms with Crippen LogP contribution in [-0.4, -0.2) is 42.2 Å². The number of hydrogen-bond acceptors (Lipinski definition) is 4. The molecule has 3 atom stereocenters. The molecule has 1 aliphatic rings. The van der Waals surface area contributed by atoms with Crippen LogP contribution in [0.2, 0.25) is 5.02 Å². The summed E-state index contributed by atoms with van der Waals surface area (Å²) in [5.74, 6) is 0. The van der Waals surface area contributed by atoms with Gasteiger partial charge < -0.3 is 19.7 Å². The van der Waals surface area contributed by atoms with Gasteiger partial charge >= 0.3 is 0 Å². The van der Waals surface area contributed by atoms with Crippen LogP contribution in [0.3, 0.4) is 0 Å². The highest BCUT2D eigenvalue weighted by Crippen LogP contribution is 2.36. The molecular formula is C26H33ClO4. The Morgan fingerprint density at radius 1 is 1.16 bits per heavy atom. The van der Waals surface area contributed by atoms with Crippen LogP contribution in [0.25, 0.3) is 0 Å². The average molecular weight is 445 g/mol. The third-order valence-electron chi connectivity index (χ3n) is 5.81. The molecular weight excluding hydrogens is 412 g/mol. The van der Waals surface area contributed by atoms with Crippen molar-refractivity contribution in [1.82, 2.24) is 0 Å². The number of aliphatic hydroxyl groups is 2. The van der Waals surface area contributed by atoms with Crippen molar-refractivity contribution >= 4 is 11.6 Å². The van der Waals surface area contributed by atoms with Gasteiger partial charge in [-0.15, -0.1) is 6.58 Å². The van der Waals surface area contributed by atoms with E-state index in [2.05, 4.69) is 43.8 Å². The predicted molar refractivity (Wildman–Crippen MR) is 125 cm³/mol. The van der Waals surface area contributed by atoms with E-state index < -0.39 is 6.10 Å². The lowest BCUT2D eigenvalue weighted by Crippen LogP contribution is -2.34.